The fourth-order valence-corrected chi connectivity index (χ4v) is 3.47. The third kappa shape index (κ3) is 4.31. The molecule has 1 aliphatic carbocycles. The van der Waals surface area contributed by atoms with Crippen LogP contribution in [0.5, 0.6) is 5.75 Å². The number of piperidine rings is 1. The number of hydrogen-bond donors (Lipinski definition) is 0. The number of hydrogen-bond acceptors (Lipinski definition) is 5. The zero-order valence-electron chi connectivity index (χ0n) is 16.1. The van der Waals surface area contributed by atoms with Gasteiger partial charge in [-0.3, -0.25) is 4.79 Å². The Kier molecular flexibility index (Phi) is 5.14. The average Bonchev–Trinajstić information content (AvgIpc) is 3.43. The highest BCUT2D eigenvalue weighted by atomic mass is 16.5. The van der Waals surface area contributed by atoms with Crippen LogP contribution in [-0.4, -0.2) is 40.7 Å². The molecule has 1 amide bonds. The minimum atomic E-state index is 0.0329. The largest absolute Gasteiger partial charge is 0.484 e. The molecule has 0 radical (unpaired) electrons. The lowest BCUT2D eigenvalue weighted by molar-refractivity contribution is -0.134. The Hall–Kier alpha value is -2.37. The maximum atomic E-state index is 12.4. The highest BCUT2D eigenvalue weighted by Gasteiger charge is 2.32. The lowest BCUT2D eigenvalue weighted by Gasteiger charge is -2.30. The summed E-state index contributed by atoms with van der Waals surface area (Å²) < 4.78 is 11.5. The van der Waals surface area contributed by atoms with Crippen molar-refractivity contribution in [3.05, 3.63) is 41.6 Å². The van der Waals surface area contributed by atoms with Crippen LogP contribution in [0.1, 0.15) is 74.6 Å². The minimum Gasteiger partial charge on any atom is -0.484 e. The lowest BCUT2D eigenvalue weighted by Crippen LogP contribution is -2.40. The fourth-order valence-electron chi connectivity index (χ4n) is 3.47. The fraction of sp³-hybridized carbons (Fsp3) is 0.571. The van der Waals surface area contributed by atoms with Crippen LogP contribution < -0.4 is 4.74 Å². The van der Waals surface area contributed by atoms with E-state index in [4.69, 9.17) is 9.15 Å². The van der Waals surface area contributed by atoms with Gasteiger partial charge in [-0.05, 0) is 49.3 Å². The van der Waals surface area contributed by atoms with Crippen molar-refractivity contribution in [2.75, 3.05) is 19.7 Å². The van der Waals surface area contributed by atoms with Crippen LogP contribution in [0.3, 0.4) is 0 Å². The molecule has 1 saturated heterocycles. The molecule has 1 aromatic heterocycles. The van der Waals surface area contributed by atoms with Crippen molar-refractivity contribution in [2.24, 2.45) is 0 Å². The Morgan fingerprint density at radius 1 is 1.07 bits per heavy atom. The normalized spacial score (nSPS) is 18.1. The van der Waals surface area contributed by atoms with Gasteiger partial charge in [0, 0.05) is 24.9 Å². The lowest BCUT2D eigenvalue weighted by atomic mass is 9.97. The summed E-state index contributed by atoms with van der Waals surface area (Å²) in [7, 11) is 0. The van der Waals surface area contributed by atoms with Gasteiger partial charge in [-0.1, -0.05) is 26.0 Å². The van der Waals surface area contributed by atoms with Gasteiger partial charge in [0.1, 0.15) is 5.75 Å². The van der Waals surface area contributed by atoms with E-state index < -0.39 is 0 Å². The van der Waals surface area contributed by atoms with Crippen molar-refractivity contribution in [1.29, 1.82) is 0 Å². The van der Waals surface area contributed by atoms with Crippen molar-refractivity contribution < 1.29 is 13.9 Å². The van der Waals surface area contributed by atoms with E-state index in [0.29, 0.717) is 24.9 Å². The van der Waals surface area contributed by atoms with Crippen molar-refractivity contribution in [2.45, 2.75) is 57.3 Å². The molecule has 1 aromatic carbocycles. The molecule has 144 valence electrons. The van der Waals surface area contributed by atoms with E-state index in [2.05, 4.69) is 36.2 Å². The maximum Gasteiger partial charge on any atom is 0.260 e. The Balaban J connectivity index is 1.24. The van der Waals surface area contributed by atoms with Gasteiger partial charge in [0.2, 0.25) is 11.8 Å². The van der Waals surface area contributed by atoms with E-state index in [0.717, 1.165) is 43.2 Å². The molecule has 6 heteroatoms. The predicted molar refractivity (Wildman–Crippen MR) is 101 cm³/mol. The summed E-state index contributed by atoms with van der Waals surface area (Å²) in [6, 6.07) is 7.97. The molecule has 2 aromatic rings. The zero-order valence-corrected chi connectivity index (χ0v) is 16.1. The summed E-state index contributed by atoms with van der Waals surface area (Å²) in [5, 5.41) is 8.39. The smallest absolute Gasteiger partial charge is 0.260 e. The molecule has 0 bridgehead atoms. The molecule has 0 atom stereocenters. The molecule has 2 heterocycles. The number of carbonyl (C=O) groups excluding carboxylic acids is 1. The first kappa shape index (κ1) is 18.0. The van der Waals surface area contributed by atoms with Crippen LogP contribution in [0, 0.1) is 0 Å². The molecule has 2 fully saturated rings. The number of amides is 1. The molecule has 2 aliphatic rings. The number of nitrogens with zero attached hydrogens (tertiary/aromatic N) is 3. The number of carbonyl (C=O) groups is 1. The maximum absolute atomic E-state index is 12.4. The summed E-state index contributed by atoms with van der Waals surface area (Å²) in [5.41, 5.74) is 1.27. The van der Waals surface area contributed by atoms with E-state index in [1.54, 1.807) is 0 Å². The van der Waals surface area contributed by atoms with Gasteiger partial charge in [-0.25, -0.2) is 0 Å². The summed E-state index contributed by atoms with van der Waals surface area (Å²) in [6.07, 6.45) is 4.05. The Morgan fingerprint density at radius 3 is 2.22 bits per heavy atom. The first-order valence-electron chi connectivity index (χ1n) is 9.94. The van der Waals surface area contributed by atoms with Gasteiger partial charge in [0.05, 0.1) is 0 Å². The number of aromatic nitrogens is 2. The van der Waals surface area contributed by atoms with Crippen molar-refractivity contribution in [3.8, 4) is 5.75 Å². The Bertz CT molecular complexity index is 772. The number of rotatable bonds is 6. The highest BCUT2D eigenvalue weighted by Crippen LogP contribution is 2.40. The van der Waals surface area contributed by atoms with Gasteiger partial charge < -0.3 is 14.1 Å². The molecular weight excluding hydrogens is 342 g/mol. The van der Waals surface area contributed by atoms with Gasteiger partial charge in [0.25, 0.3) is 5.91 Å². The van der Waals surface area contributed by atoms with Crippen LogP contribution in [-0.2, 0) is 4.79 Å². The van der Waals surface area contributed by atoms with E-state index >= 15 is 0 Å². The highest BCUT2D eigenvalue weighted by molar-refractivity contribution is 5.77. The van der Waals surface area contributed by atoms with Crippen LogP contribution in [0.4, 0.5) is 0 Å². The van der Waals surface area contributed by atoms with Gasteiger partial charge >= 0.3 is 0 Å². The molecular formula is C21H27N3O3. The first-order valence-corrected chi connectivity index (χ1v) is 9.94. The third-order valence-corrected chi connectivity index (χ3v) is 5.49. The van der Waals surface area contributed by atoms with Crippen molar-refractivity contribution >= 4 is 5.91 Å². The van der Waals surface area contributed by atoms with Crippen LogP contribution >= 0.6 is 0 Å². The summed E-state index contributed by atoms with van der Waals surface area (Å²) in [6.45, 7) is 5.81. The van der Waals surface area contributed by atoms with Gasteiger partial charge in [-0.15, -0.1) is 10.2 Å². The second-order valence-electron chi connectivity index (χ2n) is 7.92. The number of benzene rings is 1. The topological polar surface area (TPSA) is 68.5 Å². The molecule has 1 saturated carbocycles. The molecule has 1 aliphatic heterocycles. The third-order valence-electron chi connectivity index (χ3n) is 5.49. The average molecular weight is 369 g/mol. The van der Waals surface area contributed by atoms with Crippen LogP contribution in [0.15, 0.2) is 28.7 Å². The SMILES string of the molecule is CC(C)c1ccc(OCC(=O)N2CCC(c3nnc(C4CC4)o3)CC2)cc1. The van der Waals surface area contributed by atoms with E-state index in [-0.39, 0.29) is 18.4 Å². The molecule has 0 spiro atoms. The quantitative estimate of drug-likeness (QED) is 0.773. The molecule has 27 heavy (non-hydrogen) atoms. The Labute approximate surface area is 159 Å². The summed E-state index contributed by atoms with van der Waals surface area (Å²) in [5.74, 6) is 3.54. The number of ether oxygens (including phenoxy) is 1. The van der Waals surface area contributed by atoms with Gasteiger partial charge in [0.15, 0.2) is 6.61 Å². The van der Waals surface area contributed by atoms with Gasteiger partial charge in [-0.2, -0.15) is 0 Å². The number of likely N-dealkylation sites (tertiary alicyclic amines) is 1. The summed E-state index contributed by atoms with van der Waals surface area (Å²) in [4.78, 5) is 14.3. The van der Waals surface area contributed by atoms with Crippen LogP contribution in [0.25, 0.3) is 0 Å². The van der Waals surface area contributed by atoms with E-state index in [9.17, 15) is 4.79 Å². The molecule has 6 nitrogen and oxygen atoms in total. The van der Waals surface area contributed by atoms with Crippen molar-refractivity contribution in [1.82, 2.24) is 15.1 Å². The molecule has 0 unspecified atom stereocenters. The zero-order chi connectivity index (χ0) is 18.8. The van der Waals surface area contributed by atoms with Crippen molar-refractivity contribution in [3.63, 3.8) is 0 Å². The van der Waals surface area contributed by atoms with E-state index in [1.807, 2.05) is 17.0 Å². The Morgan fingerprint density at radius 2 is 1.67 bits per heavy atom. The first-order chi connectivity index (χ1) is 13.1. The summed E-state index contributed by atoms with van der Waals surface area (Å²) >= 11 is 0. The van der Waals surface area contributed by atoms with Crippen LogP contribution in [0.2, 0.25) is 0 Å². The monoisotopic (exact) mass is 369 g/mol. The predicted octanol–water partition coefficient (Wildman–Crippen LogP) is 3.86. The second kappa shape index (κ2) is 7.71. The minimum absolute atomic E-state index is 0.0329. The van der Waals surface area contributed by atoms with E-state index in [1.165, 1.54) is 5.56 Å². The molecule has 0 N–H and O–H groups in total. The molecule has 4 rings (SSSR count). The second-order valence-corrected chi connectivity index (χ2v) is 7.92. The standard InChI is InChI=1S/C21H27N3O3/c1-14(2)15-5-7-18(8-6-15)26-13-19(25)24-11-9-17(10-12-24)21-23-22-20(27-21)16-3-4-16/h5-8,14,16-17H,3-4,9-13H2,1-2H3.